The Kier molecular flexibility index (Phi) is 4.94. The molecule has 9 nitrogen and oxygen atoms in total. The second kappa shape index (κ2) is 7.69. The van der Waals surface area contributed by atoms with Crippen molar-refractivity contribution in [1.82, 2.24) is 14.9 Å². The SMILES string of the molecule is COc1ccc(OCc2nnc3n2N=C(c2cccc([N+](=O)[O-])c2)CS3)cc1. The largest absolute Gasteiger partial charge is 0.497 e. The highest BCUT2D eigenvalue weighted by molar-refractivity contribution is 7.99. The average molecular weight is 397 g/mol. The van der Waals surface area contributed by atoms with Gasteiger partial charge in [-0.2, -0.15) is 9.78 Å². The van der Waals surface area contributed by atoms with Gasteiger partial charge in [0.15, 0.2) is 5.82 Å². The van der Waals surface area contributed by atoms with E-state index in [9.17, 15) is 10.1 Å². The predicted molar refractivity (Wildman–Crippen MR) is 103 cm³/mol. The Labute approximate surface area is 164 Å². The average Bonchev–Trinajstić information content (AvgIpc) is 3.15. The highest BCUT2D eigenvalue weighted by Gasteiger charge is 2.21. The Morgan fingerprint density at radius 1 is 1.18 bits per heavy atom. The second-order valence-electron chi connectivity index (χ2n) is 5.82. The van der Waals surface area contributed by atoms with Crippen LogP contribution in [0.4, 0.5) is 5.69 Å². The third kappa shape index (κ3) is 3.67. The first-order valence-corrected chi connectivity index (χ1v) is 9.29. The van der Waals surface area contributed by atoms with Gasteiger partial charge >= 0.3 is 0 Å². The molecule has 1 aliphatic heterocycles. The van der Waals surface area contributed by atoms with Crippen LogP contribution in [0.3, 0.4) is 0 Å². The van der Waals surface area contributed by atoms with E-state index in [2.05, 4.69) is 15.3 Å². The van der Waals surface area contributed by atoms with Crippen molar-refractivity contribution in [2.75, 3.05) is 12.9 Å². The number of non-ortho nitro benzene ring substituents is 1. The fraction of sp³-hybridized carbons (Fsp3) is 0.167. The third-order valence-electron chi connectivity index (χ3n) is 4.05. The fourth-order valence-corrected chi connectivity index (χ4v) is 3.48. The minimum absolute atomic E-state index is 0.0304. The number of thioether (sulfide) groups is 1. The molecule has 0 atom stereocenters. The fourth-order valence-electron chi connectivity index (χ4n) is 2.62. The van der Waals surface area contributed by atoms with E-state index in [0.717, 1.165) is 5.75 Å². The Hall–Kier alpha value is -3.40. The second-order valence-corrected chi connectivity index (χ2v) is 6.76. The summed E-state index contributed by atoms with van der Waals surface area (Å²) in [6.07, 6.45) is 0. The summed E-state index contributed by atoms with van der Waals surface area (Å²) in [4.78, 5) is 10.6. The van der Waals surface area contributed by atoms with E-state index in [0.29, 0.717) is 33.8 Å². The number of rotatable bonds is 6. The Morgan fingerprint density at radius 2 is 1.96 bits per heavy atom. The molecular weight excluding hydrogens is 382 g/mol. The van der Waals surface area contributed by atoms with Gasteiger partial charge in [-0.15, -0.1) is 10.2 Å². The van der Waals surface area contributed by atoms with Gasteiger partial charge in [-0.3, -0.25) is 10.1 Å². The molecule has 4 rings (SSSR count). The molecule has 1 aromatic heterocycles. The van der Waals surface area contributed by atoms with Crippen LogP contribution in [0, 0.1) is 10.1 Å². The lowest BCUT2D eigenvalue weighted by Crippen LogP contribution is -2.15. The highest BCUT2D eigenvalue weighted by Crippen LogP contribution is 2.26. The van der Waals surface area contributed by atoms with Gasteiger partial charge in [-0.05, 0) is 24.3 Å². The number of hydrogen-bond acceptors (Lipinski definition) is 8. The molecule has 0 N–H and O–H groups in total. The first kappa shape index (κ1) is 18.0. The third-order valence-corrected chi connectivity index (χ3v) is 4.98. The van der Waals surface area contributed by atoms with E-state index in [1.165, 1.54) is 23.9 Å². The van der Waals surface area contributed by atoms with Crippen LogP contribution in [-0.4, -0.2) is 38.4 Å². The van der Waals surface area contributed by atoms with Crippen molar-refractivity contribution in [3.05, 3.63) is 70.0 Å². The minimum atomic E-state index is -0.418. The first-order valence-electron chi connectivity index (χ1n) is 8.30. The molecule has 142 valence electrons. The molecule has 0 unspecified atom stereocenters. The highest BCUT2D eigenvalue weighted by atomic mass is 32.2. The molecule has 0 radical (unpaired) electrons. The van der Waals surface area contributed by atoms with Crippen LogP contribution in [0.25, 0.3) is 0 Å². The van der Waals surface area contributed by atoms with Crippen LogP contribution >= 0.6 is 11.8 Å². The molecule has 2 aromatic carbocycles. The Bertz CT molecular complexity index is 1050. The van der Waals surface area contributed by atoms with Gasteiger partial charge in [0.25, 0.3) is 5.69 Å². The predicted octanol–water partition coefficient (Wildman–Crippen LogP) is 3.13. The normalized spacial score (nSPS) is 12.8. The molecule has 1 aliphatic rings. The number of aromatic nitrogens is 3. The first-order chi connectivity index (χ1) is 13.6. The molecule has 3 aromatic rings. The van der Waals surface area contributed by atoms with Crippen LogP contribution < -0.4 is 9.47 Å². The molecule has 0 amide bonds. The number of fused-ring (bicyclic) bond motifs is 1. The van der Waals surface area contributed by atoms with Crippen molar-refractivity contribution in [1.29, 1.82) is 0 Å². The zero-order valence-corrected chi connectivity index (χ0v) is 15.6. The smallest absolute Gasteiger partial charge is 0.270 e. The molecule has 0 spiro atoms. The van der Waals surface area contributed by atoms with Crippen molar-refractivity contribution in [3.63, 3.8) is 0 Å². The van der Waals surface area contributed by atoms with E-state index in [-0.39, 0.29) is 12.3 Å². The summed E-state index contributed by atoms with van der Waals surface area (Å²) in [6.45, 7) is 0.186. The summed E-state index contributed by atoms with van der Waals surface area (Å²) in [5, 5.41) is 24.5. The van der Waals surface area contributed by atoms with Crippen molar-refractivity contribution in [2.45, 2.75) is 11.8 Å². The van der Waals surface area contributed by atoms with E-state index >= 15 is 0 Å². The number of nitro groups is 1. The molecule has 10 heteroatoms. The van der Waals surface area contributed by atoms with Gasteiger partial charge in [-0.25, -0.2) is 0 Å². The van der Waals surface area contributed by atoms with Crippen LogP contribution in [0.1, 0.15) is 11.4 Å². The van der Waals surface area contributed by atoms with Crippen molar-refractivity contribution in [3.8, 4) is 11.5 Å². The van der Waals surface area contributed by atoms with Gasteiger partial charge in [-0.1, -0.05) is 23.9 Å². The standard InChI is InChI=1S/C18H15N5O4S/c1-26-14-5-7-15(8-6-14)27-10-17-19-20-18-22(17)21-16(11-28-18)12-3-2-4-13(9-12)23(24)25/h2-9H,10-11H2,1H3. The zero-order valence-electron chi connectivity index (χ0n) is 14.8. The van der Waals surface area contributed by atoms with Crippen LogP contribution in [0.15, 0.2) is 58.8 Å². The maximum absolute atomic E-state index is 11.0. The van der Waals surface area contributed by atoms with Crippen LogP contribution in [0.2, 0.25) is 0 Å². The Morgan fingerprint density at radius 3 is 2.71 bits per heavy atom. The van der Waals surface area contributed by atoms with Gasteiger partial charge in [0, 0.05) is 23.4 Å². The summed E-state index contributed by atoms with van der Waals surface area (Å²) in [7, 11) is 1.60. The lowest BCUT2D eigenvalue weighted by atomic mass is 10.1. The van der Waals surface area contributed by atoms with Crippen molar-refractivity contribution >= 4 is 23.2 Å². The summed E-state index contributed by atoms with van der Waals surface area (Å²) < 4.78 is 12.5. The molecule has 0 aliphatic carbocycles. The maximum atomic E-state index is 11.0. The van der Waals surface area contributed by atoms with E-state index in [1.807, 2.05) is 12.1 Å². The van der Waals surface area contributed by atoms with Gasteiger partial charge in [0.2, 0.25) is 5.16 Å². The van der Waals surface area contributed by atoms with E-state index in [4.69, 9.17) is 9.47 Å². The summed E-state index contributed by atoms with van der Waals surface area (Å²) in [5.74, 6) is 2.51. The summed E-state index contributed by atoms with van der Waals surface area (Å²) in [6, 6.07) is 13.6. The van der Waals surface area contributed by atoms with Crippen molar-refractivity contribution < 1.29 is 14.4 Å². The molecule has 0 bridgehead atoms. The number of nitro benzene ring substituents is 1. The Balaban J connectivity index is 1.55. The van der Waals surface area contributed by atoms with Crippen molar-refractivity contribution in [2.24, 2.45) is 5.10 Å². The quantitative estimate of drug-likeness (QED) is 0.465. The summed E-state index contributed by atoms with van der Waals surface area (Å²) >= 11 is 1.47. The van der Waals surface area contributed by atoms with Crippen LogP contribution in [-0.2, 0) is 6.61 Å². The monoisotopic (exact) mass is 397 g/mol. The van der Waals surface area contributed by atoms with Gasteiger partial charge in [0.05, 0.1) is 17.7 Å². The van der Waals surface area contributed by atoms with Crippen LogP contribution in [0.5, 0.6) is 11.5 Å². The number of benzene rings is 2. The number of methoxy groups -OCH3 is 1. The van der Waals surface area contributed by atoms with E-state index in [1.54, 1.807) is 36.1 Å². The molecule has 0 saturated carbocycles. The molecule has 28 heavy (non-hydrogen) atoms. The topological polar surface area (TPSA) is 105 Å². The zero-order chi connectivity index (χ0) is 19.5. The number of hydrogen-bond donors (Lipinski definition) is 0. The molecule has 2 heterocycles. The van der Waals surface area contributed by atoms with E-state index < -0.39 is 4.92 Å². The lowest BCUT2D eigenvalue weighted by Gasteiger charge is -2.14. The number of nitrogens with zero attached hydrogens (tertiary/aromatic N) is 5. The van der Waals surface area contributed by atoms with Gasteiger partial charge < -0.3 is 9.47 Å². The molecular formula is C18H15N5O4S. The van der Waals surface area contributed by atoms with Gasteiger partial charge in [0.1, 0.15) is 18.1 Å². The lowest BCUT2D eigenvalue weighted by molar-refractivity contribution is -0.384. The molecule has 0 fully saturated rings. The maximum Gasteiger partial charge on any atom is 0.270 e. The number of ether oxygens (including phenoxy) is 2. The summed E-state index contributed by atoms with van der Waals surface area (Å²) in [5.41, 5.74) is 1.44. The minimum Gasteiger partial charge on any atom is -0.497 e. The molecule has 0 saturated heterocycles.